The highest BCUT2D eigenvalue weighted by Gasteiger charge is 2.01. The number of aromatic nitrogens is 1. The van der Waals surface area contributed by atoms with Crippen LogP contribution >= 0.6 is 11.3 Å². The first-order chi connectivity index (χ1) is 6.40. The molecular formula is C11H11NS. The molecule has 0 atom stereocenters. The van der Waals surface area contributed by atoms with E-state index in [9.17, 15) is 0 Å². The van der Waals surface area contributed by atoms with Gasteiger partial charge in [0.2, 0.25) is 0 Å². The van der Waals surface area contributed by atoms with Crippen molar-refractivity contribution in [2.45, 2.75) is 13.3 Å². The maximum atomic E-state index is 4.33. The highest BCUT2D eigenvalue weighted by atomic mass is 32.1. The van der Waals surface area contributed by atoms with Gasteiger partial charge in [0, 0.05) is 6.20 Å². The van der Waals surface area contributed by atoms with E-state index in [-0.39, 0.29) is 0 Å². The van der Waals surface area contributed by atoms with Crippen molar-refractivity contribution in [3.63, 3.8) is 0 Å². The molecule has 1 nitrogen and oxygen atoms in total. The molecule has 13 heavy (non-hydrogen) atoms. The van der Waals surface area contributed by atoms with E-state index in [2.05, 4.69) is 36.2 Å². The third kappa shape index (κ3) is 1.78. The molecular weight excluding hydrogens is 178 g/mol. The van der Waals surface area contributed by atoms with Crippen molar-refractivity contribution < 1.29 is 0 Å². The van der Waals surface area contributed by atoms with Gasteiger partial charge in [0.05, 0.1) is 9.88 Å². The molecule has 0 saturated heterocycles. The summed E-state index contributed by atoms with van der Waals surface area (Å²) >= 11 is 1.77. The number of thiazole rings is 1. The van der Waals surface area contributed by atoms with Crippen LogP contribution in [0.5, 0.6) is 0 Å². The SMILES string of the molecule is CCc1ncc(-c2ccccc2)s1. The zero-order valence-corrected chi connectivity index (χ0v) is 8.34. The van der Waals surface area contributed by atoms with Crippen molar-refractivity contribution in [1.82, 2.24) is 4.98 Å². The first-order valence-corrected chi connectivity index (χ1v) is 5.22. The first kappa shape index (κ1) is 8.45. The van der Waals surface area contributed by atoms with Crippen molar-refractivity contribution in [2.75, 3.05) is 0 Å². The van der Waals surface area contributed by atoms with E-state index in [0.29, 0.717) is 0 Å². The molecule has 1 heterocycles. The summed E-state index contributed by atoms with van der Waals surface area (Å²) in [5, 5.41) is 1.21. The second-order valence-corrected chi connectivity index (χ2v) is 3.95. The van der Waals surface area contributed by atoms with Crippen molar-refractivity contribution in [3.8, 4) is 10.4 Å². The Kier molecular flexibility index (Phi) is 2.41. The van der Waals surface area contributed by atoms with Gasteiger partial charge in [-0.3, -0.25) is 0 Å². The Balaban J connectivity index is 2.36. The van der Waals surface area contributed by atoms with Gasteiger partial charge in [0.25, 0.3) is 0 Å². The molecule has 0 N–H and O–H groups in total. The van der Waals surface area contributed by atoms with Gasteiger partial charge in [-0.05, 0) is 12.0 Å². The maximum Gasteiger partial charge on any atom is 0.0928 e. The molecule has 0 aliphatic rings. The number of nitrogens with zero attached hydrogens (tertiary/aromatic N) is 1. The molecule has 1 aromatic heterocycles. The van der Waals surface area contributed by atoms with Crippen LogP contribution in [0.2, 0.25) is 0 Å². The van der Waals surface area contributed by atoms with Crippen LogP contribution in [-0.4, -0.2) is 4.98 Å². The Hall–Kier alpha value is -1.15. The van der Waals surface area contributed by atoms with Crippen molar-refractivity contribution >= 4 is 11.3 Å². The summed E-state index contributed by atoms with van der Waals surface area (Å²) < 4.78 is 0. The maximum absolute atomic E-state index is 4.33. The largest absolute Gasteiger partial charge is 0.249 e. The third-order valence-corrected chi connectivity index (χ3v) is 3.11. The molecule has 66 valence electrons. The monoisotopic (exact) mass is 189 g/mol. The second kappa shape index (κ2) is 3.71. The van der Waals surface area contributed by atoms with Gasteiger partial charge in [-0.15, -0.1) is 11.3 Å². The molecule has 0 unspecified atom stereocenters. The van der Waals surface area contributed by atoms with Gasteiger partial charge < -0.3 is 0 Å². The van der Waals surface area contributed by atoms with E-state index >= 15 is 0 Å². The Morgan fingerprint density at radius 1 is 1.23 bits per heavy atom. The Labute approximate surface area is 82.1 Å². The number of aryl methyl sites for hydroxylation is 1. The van der Waals surface area contributed by atoms with Gasteiger partial charge >= 0.3 is 0 Å². The zero-order valence-electron chi connectivity index (χ0n) is 7.53. The Morgan fingerprint density at radius 3 is 2.62 bits per heavy atom. The highest BCUT2D eigenvalue weighted by molar-refractivity contribution is 7.15. The minimum absolute atomic E-state index is 1.03. The topological polar surface area (TPSA) is 12.9 Å². The van der Waals surface area contributed by atoms with Gasteiger partial charge in [-0.25, -0.2) is 4.98 Å². The van der Waals surface area contributed by atoms with E-state index in [1.54, 1.807) is 11.3 Å². The molecule has 0 aliphatic heterocycles. The molecule has 0 bridgehead atoms. The summed E-state index contributed by atoms with van der Waals surface area (Å²) in [7, 11) is 0. The lowest BCUT2D eigenvalue weighted by atomic mass is 10.2. The fraction of sp³-hybridized carbons (Fsp3) is 0.182. The summed E-state index contributed by atoms with van der Waals surface area (Å²) in [6.45, 7) is 2.13. The molecule has 2 heteroatoms. The molecule has 0 saturated carbocycles. The van der Waals surface area contributed by atoms with E-state index < -0.39 is 0 Å². The van der Waals surface area contributed by atoms with E-state index in [1.165, 1.54) is 15.4 Å². The number of benzene rings is 1. The van der Waals surface area contributed by atoms with Gasteiger partial charge in [-0.2, -0.15) is 0 Å². The summed E-state index contributed by atoms with van der Waals surface area (Å²) in [4.78, 5) is 5.59. The fourth-order valence-electron chi connectivity index (χ4n) is 1.21. The lowest BCUT2D eigenvalue weighted by Crippen LogP contribution is -1.70. The molecule has 0 aliphatic carbocycles. The van der Waals surface area contributed by atoms with Crippen LogP contribution in [0.15, 0.2) is 36.5 Å². The molecule has 0 amide bonds. The van der Waals surface area contributed by atoms with Gasteiger partial charge in [-0.1, -0.05) is 37.3 Å². The molecule has 0 radical (unpaired) electrons. The van der Waals surface area contributed by atoms with Gasteiger partial charge in [0.1, 0.15) is 0 Å². The normalized spacial score (nSPS) is 10.2. The molecule has 2 aromatic rings. The molecule has 1 aromatic carbocycles. The summed E-state index contributed by atoms with van der Waals surface area (Å²) in [6, 6.07) is 10.4. The van der Waals surface area contributed by atoms with Crippen LogP contribution in [0.4, 0.5) is 0 Å². The molecule has 2 rings (SSSR count). The fourth-order valence-corrected chi connectivity index (χ4v) is 2.07. The minimum Gasteiger partial charge on any atom is -0.249 e. The standard InChI is InChI=1S/C11H11NS/c1-2-11-12-8-10(13-11)9-6-4-3-5-7-9/h3-8H,2H2,1H3. The predicted octanol–water partition coefficient (Wildman–Crippen LogP) is 3.37. The lowest BCUT2D eigenvalue weighted by Gasteiger charge is -1.92. The predicted molar refractivity (Wildman–Crippen MR) is 56.9 cm³/mol. The summed E-state index contributed by atoms with van der Waals surface area (Å²) in [5.74, 6) is 0. The van der Waals surface area contributed by atoms with E-state index in [1.807, 2.05) is 12.3 Å². The molecule has 0 spiro atoms. The van der Waals surface area contributed by atoms with E-state index in [0.717, 1.165) is 6.42 Å². The Morgan fingerprint density at radius 2 is 2.00 bits per heavy atom. The minimum atomic E-state index is 1.03. The van der Waals surface area contributed by atoms with Crippen LogP contribution < -0.4 is 0 Å². The second-order valence-electron chi connectivity index (χ2n) is 2.84. The van der Waals surface area contributed by atoms with Crippen molar-refractivity contribution in [2.24, 2.45) is 0 Å². The highest BCUT2D eigenvalue weighted by Crippen LogP contribution is 2.25. The van der Waals surface area contributed by atoms with Crippen LogP contribution in [0.3, 0.4) is 0 Å². The average Bonchev–Trinajstić information content (AvgIpc) is 2.67. The number of hydrogen-bond acceptors (Lipinski definition) is 2. The van der Waals surface area contributed by atoms with Crippen LogP contribution in [0.25, 0.3) is 10.4 Å². The van der Waals surface area contributed by atoms with Gasteiger partial charge in [0.15, 0.2) is 0 Å². The smallest absolute Gasteiger partial charge is 0.0928 e. The first-order valence-electron chi connectivity index (χ1n) is 4.40. The Bertz CT molecular complexity index is 378. The average molecular weight is 189 g/mol. The third-order valence-electron chi connectivity index (χ3n) is 1.91. The van der Waals surface area contributed by atoms with E-state index in [4.69, 9.17) is 0 Å². The number of rotatable bonds is 2. The molecule has 0 fully saturated rings. The van der Waals surface area contributed by atoms with Crippen LogP contribution in [0.1, 0.15) is 11.9 Å². The zero-order chi connectivity index (χ0) is 9.10. The summed E-state index contributed by atoms with van der Waals surface area (Å²) in [6.07, 6.45) is 2.98. The van der Waals surface area contributed by atoms with Crippen molar-refractivity contribution in [3.05, 3.63) is 41.5 Å². The number of hydrogen-bond donors (Lipinski definition) is 0. The summed E-state index contributed by atoms with van der Waals surface area (Å²) in [5.41, 5.74) is 1.26. The van der Waals surface area contributed by atoms with Crippen LogP contribution in [0, 0.1) is 0 Å². The van der Waals surface area contributed by atoms with Crippen LogP contribution in [-0.2, 0) is 6.42 Å². The van der Waals surface area contributed by atoms with Crippen molar-refractivity contribution in [1.29, 1.82) is 0 Å². The lowest BCUT2D eigenvalue weighted by molar-refractivity contribution is 1.09. The quantitative estimate of drug-likeness (QED) is 0.705.